The lowest BCUT2D eigenvalue weighted by Gasteiger charge is -2.09. The van der Waals surface area contributed by atoms with Crippen LogP contribution in [0.5, 0.6) is 0 Å². The van der Waals surface area contributed by atoms with E-state index in [0.717, 1.165) is 4.90 Å². The molecule has 0 saturated carbocycles. The normalized spacial score (nSPS) is 11.0. The molecule has 1 N–H and O–H groups in total. The summed E-state index contributed by atoms with van der Waals surface area (Å²) >= 11 is 1.68. The van der Waals surface area contributed by atoms with Crippen LogP contribution in [0.15, 0.2) is 57.8 Å². The minimum atomic E-state index is -0.604. The van der Waals surface area contributed by atoms with E-state index in [-0.39, 0.29) is 18.3 Å². The number of fused-ring (bicyclic) bond motifs is 1. The number of carbonyl (C=O) groups is 2. The standard InChI is InChI=1S/C21H21NO4S/c1-4-25-21(24)19-18(16-10-5-6-11-17(16)26-19)22-20(23)14-8-7-9-15(12-14)27-13(2)3/h5-13H,4H2,1-3H3,(H,22,23). The zero-order chi connectivity index (χ0) is 19.4. The number of hydrogen-bond acceptors (Lipinski definition) is 5. The number of esters is 1. The summed E-state index contributed by atoms with van der Waals surface area (Å²) in [4.78, 5) is 26.1. The lowest BCUT2D eigenvalue weighted by atomic mass is 10.2. The molecule has 0 unspecified atom stereocenters. The van der Waals surface area contributed by atoms with Gasteiger partial charge in [0.2, 0.25) is 5.76 Å². The van der Waals surface area contributed by atoms with E-state index >= 15 is 0 Å². The van der Waals surface area contributed by atoms with E-state index < -0.39 is 5.97 Å². The van der Waals surface area contributed by atoms with E-state index in [1.807, 2.05) is 24.3 Å². The van der Waals surface area contributed by atoms with Crippen molar-refractivity contribution >= 4 is 40.3 Å². The molecule has 27 heavy (non-hydrogen) atoms. The summed E-state index contributed by atoms with van der Waals surface area (Å²) in [7, 11) is 0. The van der Waals surface area contributed by atoms with Crippen LogP contribution in [0.2, 0.25) is 0 Å². The van der Waals surface area contributed by atoms with Gasteiger partial charge in [0.15, 0.2) is 0 Å². The molecule has 0 aliphatic heterocycles. The Morgan fingerprint density at radius 3 is 2.67 bits per heavy atom. The van der Waals surface area contributed by atoms with E-state index in [9.17, 15) is 9.59 Å². The van der Waals surface area contributed by atoms with E-state index in [1.165, 1.54) is 0 Å². The Kier molecular flexibility index (Phi) is 5.86. The maximum Gasteiger partial charge on any atom is 0.376 e. The summed E-state index contributed by atoms with van der Waals surface area (Å²) in [6.07, 6.45) is 0. The molecule has 1 amide bonds. The van der Waals surface area contributed by atoms with Gasteiger partial charge in [0, 0.05) is 21.1 Å². The molecule has 0 saturated heterocycles. The van der Waals surface area contributed by atoms with Crippen LogP contribution in [0, 0.1) is 0 Å². The Morgan fingerprint density at radius 1 is 1.15 bits per heavy atom. The van der Waals surface area contributed by atoms with Crippen molar-refractivity contribution < 1.29 is 18.7 Å². The van der Waals surface area contributed by atoms with Crippen LogP contribution in [0.3, 0.4) is 0 Å². The molecule has 3 aromatic rings. The van der Waals surface area contributed by atoms with Gasteiger partial charge < -0.3 is 14.5 Å². The molecule has 1 heterocycles. The van der Waals surface area contributed by atoms with Gasteiger partial charge in [0.1, 0.15) is 11.3 Å². The van der Waals surface area contributed by atoms with Crippen LogP contribution in [0.4, 0.5) is 5.69 Å². The second kappa shape index (κ2) is 8.31. The molecule has 1 aromatic heterocycles. The highest BCUT2D eigenvalue weighted by molar-refractivity contribution is 7.99. The van der Waals surface area contributed by atoms with Gasteiger partial charge in [-0.15, -0.1) is 11.8 Å². The number of ether oxygens (including phenoxy) is 1. The van der Waals surface area contributed by atoms with E-state index in [2.05, 4.69) is 19.2 Å². The van der Waals surface area contributed by atoms with Crippen LogP contribution in [-0.4, -0.2) is 23.7 Å². The fourth-order valence-corrected chi connectivity index (χ4v) is 3.57. The summed E-state index contributed by atoms with van der Waals surface area (Å²) < 4.78 is 10.7. The number of rotatable bonds is 6. The highest BCUT2D eigenvalue weighted by atomic mass is 32.2. The third kappa shape index (κ3) is 4.34. The van der Waals surface area contributed by atoms with Gasteiger partial charge in [-0.3, -0.25) is 4.79 Å². The molecule has 0 atom stereocenters. The second-order valence-corrected chi connectivity index (χ2v) is 7.82. The predicted molar refractivity (Wildman–Crippen MR) is 108 cm³/mol. The number of benzene rings is 2. The Morgan fingerprint density at radius 2 is 1.93 bits per heavy atom. The molecular formula is C21H21NO4S. The van der Waals surface area contributed by atoms with Crippen molar-refractivity contribution in [2.45, 2.75) is 30.9 Å². The second-order valence-electron chi connectivity index (χ2n) is 6.17. The van der Waals surface area contributed by atoms with Gasteiger partial charge >= 0.3 is 5.97 Å². The molecule has 3 rings (SSSR count). The first-order valence-corrected chi connectivity index (χ1v) is 9.64. The quantitative estimate of drug-likeness (QED) is 0.458. The number of para-hydroxylation sites is 1. The number of anilines is 1. The van der Waals surface area contributed by atoms with Gasteiger partial charge in [0.05, 0.1) is 6.61 Å². The molecule has 0 aliphatic rings. The van der Waals surface area contributed by atoms with Crippen LogP contribution < -0.4 is 5.32 Å². The van der Waals surface area contributed by atoms with Gasteiger partial charge in [-0.05, 0) is 37.3 Å². The maximum atomic E-state index is 12.8. The Bertz CT molecular complexity index is 977. The fourth-order valence-electron chi connectivity index (χ4n) is 2.68. The number of nitrogens with one attached hydrogen (secondary N) is 1. The van der Waals surface area contributed by atoms with Gasteiger partial charge in [-0.25, -0.2) is 4.79 Å². The monoisotopic (exact) mass is 383 g/mol. The van der Waals surface area contributed by atoms with E-state index in [0.29, 0.717) is 27.5 Å². The van der Waals surface area contributed by atoms with Crippen LogP contribution >= 0.6 is 11.8 Å². The fraction of sp³-hybridized carbons (Fsp3) is 0.238. The SMILES string of the molecule is CCOC(=O)c1oc2ccccc2c1NC(=O)c1cccc(SC(C)C)c1. The zero-order valence-electron chi connectivity index (χ0n) is 15.4. The molecule has 140 valence electrons. The highest BCUT2D eigenvalue weighted by Gasteiger charge is 2.23. The summed E-state index contributed by atoms with van der Waals surface area (Å²) in [5.74, 6) is -0.912. The number of thioether (sulfide) groups is 1. The molecule has 0 spiro atoms. The van der Waals surface area contributed by atoms with Crippen molar-refractivity contribution in [3.63, 3.8) is 0 Å². The molecule has 0 fully saturated rings. The van der Waals surface area contributed by atoms with Crippen molar-refractivity contribution in [3.8, 4) is 0 Å². The summed E-state index contributed by atoms with van der Waals surface area (Å²) in [5, 5.41) is 3.89. The van der Waals surface area contributed by atoms with Gasteiger partial charge in [0.25, 0.3) is 5.91 Å². The first-order chi connectivity index (χ1) is 13.0. The molecule has 0 radical (unpaired) electrons. The third-order valence-electron chi connectivity index (χ3n) is 3.76. The third-order valence-corrected chi connectivity index (χ3v) is 4.76. The molecule has 6 heteroatoms. The summed E-state index contributed by atoms with van der Waals surface area (Å²) in [6.45, 7) is 6.13. The van der Waals surface area contributed by atoms with E-state index in [4.69, 9.17) is 9.15 Å². The molecule has 0 aliphatic carbocycles. The smallest absolute Gasteiger partial charge is 0.376 e. The first kappa shape index (κ1) is 19.0. The van der Waals surface area contributed by atoms with Gasteiger partial charge in [-0.2, -0.15) is 0 Å². The average Bonchev–Trinajstić information content (AvgIpc) is 3.00. The number of furan rings is 1. The highest BCUT2D eigenvalue weighted by Crippen LogP contribution is 2.32. The molecule has 2 aromatic carbocycles. The minimum absolute atomic E-state index is 0.000824. The van der Waals surface area contributed by atoms with Gasteiger partial charge in [-0.1, -0.05) is 32.0 Å². The van der Waals surface area contributed by atoms with E-state index in [1.54, 1.807) is 43.0 Å². The lowest BCUT2D eigenvalue weighted by Crippen LogP contribution is -2.15. The molecular weight excluding hydrogens is 362 g/mol. The minimum Gasteiger partial charge on any atom is -0.460 e. The van der Waals surface area contributed by atoms with Crippen molar-refractivity contribution in [1.29, 1.82) is 0 Å². The molecule has 0 bridgehead atoms. The average molecular weight is 383 g/mol. The van der Waals surface area contributed by atoms with Crippen molar-refractivity contribution in [3.05, 3.63) is 59.9 Å². The largest absolute Gasteiger partial charge is 0.460 e. The van der Waals surface area contributed by atoms with Crippen molar-refractivity contribution in [1.82, 2.24) is 0 Å². The maximum absolute atomic E-state index is 12.8. The topological polar surface area (TPSA) is 68.5 Å². The van der Waals surface area contributed by atoms with Crippen molar-refractivity contribution in [2.75, 3.05) is 11.9 Å². The Labute approximate surface area is 162 Å². The predicted octanol–water partition coefficient (Wildman–Crippen LogP) is 5.36. The lowest BCUT2D eigenvalue weighted by molar-refractivity contribution is 0.0494. The van der Waals surface area contributed by atoms with Crippen LogP contribution in [0.1, 0.15) is 41.7 Å². The zero-order valence-corrected chi connectivity index (χ0v) is 16.3. The van der Waals surface area contributed by atoms with Crippen molar-refractivity contribution in [2.24, 2.45) is 0 Å². The summed E-state index contributed by atoms with van der Waals surface area (Å²) in [6, 6.07) is 14.6. The molecule has 5 nitrogen and oxygen atoms in total. The first-order valence-electron chi connectivity index (χ1n) is 8.76. The van der Waals surface area contributed by atoms with Crippen LogP contribution in [0.25, 0.3) is 11.0 Å². The Hall–Kier alpha value is -2.73. The number of hydrogen-bond donors (Lipinski definition) is 1. The van der Waals surface area contributed by atoms with Crippen LogP contribution in [-0.2, 0) is 4.74 Å². The number of amides is 1. The summed E-state index contributed by atoms with van der Waals surface area (Å²) in [5.41, 5.74) is 1.36. The number of carbonyl (C=O) groups excluding carboxylic acids is 2. The Balaban J connectivity index is 1.95.